The van der Waals surface area contributed by atoms with Crippen molar-refractivity contribution in [1.82, 2.24) is 4.98 Å². The predicted molar refractivity (Wildman–Crippen MR) is 24.4 cm³/mol. The van der Waals surface area contributed by atoms with Gasteiger partial charge in [-0.05, 0) is 4.73 Å². The number of hydrogen-bond acceptors (Lipinski definition) is 2. The van der Waals surface area contributed by atoms with Crippen LogP contribution in [0.1, 0.15) is 0 Å². The van der Waals surface area contributed by atoms with Crippen LogP contribution < -0.4 is 10.4 Å². The van der Waals surface area contributed by atoms with Crippen molar-refractivity contribution in [3.63, 3.8) is 0 Å². The molecule has 0 aromatic carbocycles. The first-order valence-electron chi connectivity index (χ1n) is 2.09. The predicted octanol–water partition coefficient (Wildman–Crippen LogP) is -1.10. The molecule has 4 heteroatoms. The fourth-order valence-electron chi connectivity index (χ4n) is 0.378. The monoisotopic (exact) mass is 113 g/mol. The minimum absolute atomic E-state index is 0.472. The molecule has 0 atom stereocenters. The standard InChI is InChI=1S/C4H4N2O2/c7-4-5-2-1-3-6(4)8/h1-3,8H/p+1. The number of aromatic nitrogens is 2. The molecule has 0 spiro atoms. The summed E-state index contributed by atoms with van der Waals surface area (Å²) < 4.78 is 0.472. The first-order valence-corrected chi connectivity index (χ1v) is 2.09. The van der Waals surface area contributed by atoms with Gasteiger partial charge in [-0.1, -0.05) is 0 Å². The normalized spacial score (nSPS) is 9.00. The van der Waals surface area contributed by atoms with E-state index in [4.69, 9.17) is 5.21 Å². The van der Waals surface area contributed by atoms with Gasteiger partial charge in [-0.3, -0.25) is 0 Å². The molecule has 4 nitrogen and oxygen atoms in total. The van der Waals surface area contributed by atoms with Crippen LogP contribution in [0.15, 0.2) is 23.3 Å². The molecule has 0 bridgehead atoms. The van der Waals surface area contributed by atoms with E-state index in [0.717, 1.165) is 0 Å². The van der Waals surface area contributed by atoms with Gasteiger partial charge in [0.2, 0.25) is 0 Å². The Morgan fingerprint density at radius 3 is 2.88 bits per heavy atom. The maximum atomic E-state index is 10.3. The van der Waals surface area contributed by atoms with Gasteiger partial charge in [0.05, 0.1) is 6.20 Å². The zero-order chi connectivity index (χ0) is 5.98. The van der Waals surface area contributed by atoms with Crippen LogP contribution in [0.2, 0.25) is 0 Å². The van der Waals surface area contributed by atoms with Crippen molar-refractivity contribution in [3.05, 3.63) is 28.9 Å². The van der Waals surface area contributed by atoms with Crippen LogP contribution in [0.3, 0.4) is 0 Å². The molecule has 0 saturated heterocycles. The lowest BCUT2D eigenvalue weighted by Crippen LogP contribution is -2.48. The maximum absolute atomic E-state index is 10.3. The van der Waals surface area contributed by atoms with Crippen molar-refractivity contribution >= 4 is 0 Å². The quantitative estimate of drug-likeness (QED) is 0.331. The van der Waals surface area contributed by atoms with Gasteiger partial charge in [0.25, 0.3) is 0 Å². The van der Waals surface area contributed by atoms with Gasteiger partial charge < -0.3 is 5.21 Å². The maximum Gasteiger partial charge on any atom is 0.534 e. The second kappa shape index (κ2) is 1.65. The van der Waals surface area contributed by atoms with E-state index in [1.54, 1.807) is 0 Å². The van der Waals surface area contributed by atoms with Gasteiger partial charge in [0, 0.05) is 6.07 Å². The van der Waals surface area contributed by atoms with E-state index in [0.29, 0.717) is 4.73 Å². The lowest BCUT2D eigenvalue weighted by molar-refractivity contribution is -0.917. The van der Waals surface area contributed by atoms with E-state index in [1.165, 1.54) is 18.5 Å². The van der Waals surface area contributed by atoms with Crippen molar-refractivity contribution in [2.24, 2.45) is 0 Å². The number of aromatic amines is 1. The van der Waals surface area contributed by atoms with E-state index in [2.05, 4.69) is 4.98 Å². The Morgan fingerprint density at radius 2 is 2.50 bits per heavy atom. The molecule has 0 amide bonds. The molecule has 0 saturated carbocycles. The van der Waals surface area contributed by atoms with Crippen molar-refractivity contribution in [3.8, 4) is 0 Å². The molecule has 0 aliphatic carbocycles. The fraction of sp³-hybridized carbons (Fsp3) is 0. The van der Waals surface area contributed by atoms with Crippen LogP contribution in [-0.4, -0.2) is 10.2 Å². The van der Waals surface area contributed by atoms with Gasteiger partial charge in [-0.2, -0.15) is 4.79 Å². The third-order valence-electron chi connectivity index (χ3n) is 0.738. The SMILES string of the molecule is O=c1[nH]ccc[n+]1O. The zero-order valence-electron chi connectivity index (χ0n) is 4.03. The molecule has 0 radical (unpaired) electrons. The van der Waals surface area contributed by atoms with Gasteiger partial charge in [-0.25, -0.2) is 4.98 Å². The molecule has 0 unspecified atom stereocenters. The molecule has 0 aliphatic rings. The Kier molecular flexibility index (Phi) is 0.997. The largest absolute Gasteiger partial charge is 0.534 e. The molecular formula is C4H5N2O2+. The van der Waals surface area contributed by atoms with Gasteiger partial charge in [0.15, 0.2) is 0 Å². The van der Waals surface area contributed by atoms with Gasteiger partial charge in [-0.15, -0.1) is 0 Å². The zero-order valence-corrected chi connectivity index (χ0v) is 4.03. The molecule has 0 aliphatic heterocycles. The van der Waals surface area contributed by atoms with Crippen LogP contribution in [0.4, 0.5) is 0 Å². The average Bonchev–Trinajstić information content (AvgIpc) is 1.77. The smallest absolute Gasteiger partial charge is 0.347 e. The topological polar surface area (TPSA) is 57.0 Å². The summed E-state index contributed by atoms with van der Waals surface area (Å²) in [4.78, 5) is 12.5. The summed E-state index contributed by atoms with van der Waals surface area (Å²) in [7, 11) is 0. The summed E-state index contributed by atoms with van der Waals surface area (Å²) in [5.41, 5.74) is -0.535. The van der Waals surface area contributed by atoms with E-state index in [1.807, 2.05) is 0 Å². The van der Waals surface area contributed by atoms with E-state index in [9.17, 15) is 4.79 Å². The van der Waals surface area contributed by atoms with Crippen LogP contribution in [-0.2, 0) is 0 Å². The Bertz CT molecular complexity index is 229. The lowest BCUT2D eigenvalue weighted by atomic mass is 10.7. The molecular weight excluding hydrogens is 108 g/mol. The van der Waals surface area contributed by atoms with Gasteiger partial charge in [0.1, 0.15) is 6.20 Å². The highest BCUT2D eigenvalue weighted by Crippen LogP contribution is 1.58. The van der Waals surface area contributed by atoms with E-state index < -0.39 is 5.69 Å². The minimum Gasteiger partial charge on any atom is -0.347 e. The summed E-state index contributed by atoms with van der Waals surface area (Å²) in [6.45, 7) is 0. The first kappa shape index (κ1) is 4.83. The number of nitrogens with zero attached hydrogens (tertiary/aromatic N) is 1. The Hall–Kier alpha value is -1.32. The third-order valence-corrected chi connectivity index (χ3v) is 0.738. The van der Waals surface area contributed by atoms with Crippen molar-refractivity contribution in [2.75, 3.05) is 0 Å². The number of nitrogens with one attached hydrogen (secondary N) is 1. The molecule has 8 heavy (non-hydrogen) atoms. The highest BCUT2D eigenvalue weighted by molar-refractivity contribution is 4.68. The summed E-state index contributed by atoms with van der Waals surface area (Å²) in [5.74, 6) is 0. The second-order valence-electron chi connectivity index (χ2n) is 1.30. The van der Waals surface area contributed by atoms with Crippen LogP contribution in [0.5, 0.6) is 0 Å². The summed E-state index contributed by atoms with van der Waals surface area (Å²) >= 11 is 0. The molecule has 42 valence electrons. The summed E-state index contributed by atoms with van der Waals surface area (Å²) in [6.07, 6.45) is 2.69. The van der Waals surface area contributed by atoms with Crippen molar-refractivity contribution in [2.45, 2.75) is 0 Å². The molecule has 1 rings (SSSR count). The van der Waals surface area contributed by atoms with Crippen LogP contribution in [0.25, 0.3) is 0 Å². The van der Waals surface area contributed by atoms with Crippen molar-refractivity contribution in [1.29, 1.82) is 0 Å². The van der Waals surface area contributed by atoms with E-state index in [-0.39, 0.29) is 0 Å². The summed E-state index contributed by atoms with van der Waals surface area (Å²) in [5, 5.41) is 8.49. The molecule has 0 fully saturated rings. The molecule has 1 heterocycles. The fourth-order valence-corrected chi connectivity index (χ4v) is 0.378. The van der Waals surface area contributed by atoms with Crippen LogP contribution in [0, 0.1) is 0 Å². The highest BCUT2D eigenvalue weighted by atomic mass is 16.5. The molecule has 2 N–H and O–H groups in total. The minimum atomic E-state index is -0.535. The van der Waals surface area contributed by atoms with Crippen LogP contribution >= 0.6 is 0 Å². The number of rotatable bonds is 0. The summed E-state index contributed by atoms with van der Waals surface area (Å²) in [6, 6.07) is 1.52. The highest BCUT2D eigenvalue weighted by Gasteiger charge is 1.93. The van der Waals surface area contributed by atoms with E-state index >= 15 is 0 Å². The Morgan fingerprint density at radius 1 is 1.75 bits per heavy atom. The van der Waals surface area contributed by atoms with Crippen molar-refractivity contribution < 1.29 is 9.94 Å². The molecule has 1 aromatic heterocycles. The number of hydrogen-bond donors (Lipinski definition) is 2. The average molecular weight is 113 g/mol. The first-order chi connectivity index (χ1) is 3.80. The van der Waals surface area contributed by atoms with Gasteiger partial charge >= 0.3 is 5.69 Å². The Labute approximate surface area is 45.0 Å². The molecule has 1 aromatic rings. The second-order valence-corrected chi connectivity index (χ2v) is 1.30. The Balaban J connectivity index is 3.35. The lowest BCUT2D eigenvalue weighted by Gasteiger charge is -1.77. The third kappa shape index (κ3) is 0.676. The number of H-pyrrole nitrogens is 1.